The maximum atomic E-state index is 12.9. The molecule has 3 rings (SSSR count). The van der Waals surface area contributed by atoms with Crippen LogP contribution in [-0.4, -0.2) is 26.0 Å². The van der Waals surface area contributed by atoms with Crippen molar-refractivity contribution in [2.75, 3.05) is 11.5 Å². The largest absolute Gasteiger partial charge is 0.460 e. The van der Waals surface area contributed by atoms with Gasteiger partial charge in [-0.3, -0.25) is 0 Å². The average molecular weight is 346 g/mol. The number of nitrogens with one attached hydrogen (secondary N) is 1. The van der Waals surface area contributed by atoms with Crippen LogP contribution in [0.25, 0.3) is 11.3 Å². The first-order valence-corrected chi connectivity index (χ1v) is 8.62. The summed E-state index contributed by atoms with van der Waals surface area (Å²) in [4.78, 5) is 0. The van der Waals surface area contributed by atoms with Crippen LogP contribution in [0.1, 0.15) is 12.2 Å². The van der Waals surface area contributed by atoms with Crippen LogP contribution in [-0.2, 0) is 16.4 Å². The molecule has 7 heteroatoms. The minimum atomic E-state index is -2.87. The van der Waals surface area contributed by atoms with Gasteiger partial charge in [-0.15, -0.1) is 12.4 Å². The van der Waals surface area contributed by atoms with E-state index in [1.807, 2.05) is 12.1 Å². The van der Waals surface area contributed by atoms with Crippen LogP contribution in [0.15, 0.2) is 40.8 Å². The van der Waals surface area contributed by atoms with E-state index in [4.69, 9.17) is 4.42 Å². The molecular formula is C15H17ClFNO3S. The average Bonchev–Trinajstić information content (AvgIpc) is 3.04. The van der Waals surface area contributed by atoms with Crippen molar-refractivity contribution in [3.05, 3.63) is 48.0 Å². The van der Waals surface area contributed by atoms with Crippen LogP contribution < -0.4 is 5.32 Å². The molecule has 2 aromatic rings. The smallest absolute Gasteiger partial charge is 0.151 e. The van der Waals surface area contributed by atoms with Gasteiger partial charge in [0.2, 0.25) is 0 Å². The van der Waals surface area contributed by atoms with E-state index < -0.39 is 9.84 Å². The molecule has 1 N–H and O–H groups in total. The lowest BCUT2D eigenvalue weighted by molar-refractivity contribution is 0.464. The maximum absolute atomic E-state index is 12.9. The summed E-state index contributed by atoms with van der Waals surface area (Å²) < 4.78 is 41.3. The highest BCUT2D eigenvalue weighted by molar-refractivity contribution is 7.91. The highest BCUT2D eigenvalue weighted by Crippen LogP contribution is 2.22. The molecule has 0 aliphatic carbocycles. The van der Waals surface area contributed by atoms with Gasteiger partial charge in [0, 0.05) is 11.6 Å². The minimum Gasteiger partial charge on any atom is -0.460 e. The Morgan fingerprint density at radius 3 is 2.55 bits per heavy atom. The zero-order chi connectivity index (χ0) is 14.9. The number of rotatable bonds is 4. The predicted octanol–water partition coefficient (Wildman–Crippen LogP) is 2.78. The summed E-state index contributed by atoms with van der Waals surface area (Å²) in [6, 6.07) is 9.77. The van der Waals surface area contributed by atoms with Crippen LogP contribution in [0.3, 0.4) is 0 Å². The van der Waals surface area contributed by atoms with Crippen LogP contribution in [0.4, 0.5) is 4.39 Å². The van der Waals surface area contributed by atoms with Gasteiger partial charge in [0.15, 0.2) is 9.84 Å². The number of halogens is 2. The van der Waals surface area contributed by atoms with E-state index in [9.17, 15) is 12.8 Å². The third-order valence-electron chi connectivity index (χ3n) is 3.59. The summed E-state index contributed by atoms with van der Waals surface area (Å²) in [6.45, 7) is 0.487. The van der Waals surface area contributed by atoms with Gasteiger partial charge in [0.25, 0.3) is 0 Å². The third-order valence-corrected chi connectivity index (χ3v) is 5.36. The zero-order valence-corrected chi connectivity index (χ0v) is 13.4. The summed E-state index contributed by atoms with van der Waals surface area (Å²) >= 11 is 0. The van der Waals surface area contributed by atoms with Crippen molar-refractivity contribution in [1.29, 1.82) is 0 Å². The number of hydrogen-bond donors (Lipinski definition) is 1. The first kappa shape index (κ1) is 17.0. The molecular weight excluding hydrogens is 329 g/mol. The Balaban J connectivity index is 0.00000176. The molecule has 1 unspecified atom stereocenters. The first-order valence-electron chi connectivity index (χ1n) is 6.80. The fraction of sp³-hybridized carbons (Fsp3) is 0.333. The van der Waals surface area contributed by atoms with E-state index in [0.717, 1.165) is 11.3 Å². The topological polar surface area (TPSA) is 59.3 Å². The van der Waals surface area contributed by atoms with Gasteiger partial charge in [0.1, 0.15) is 17.3 Å². The van der Waals surface area contributed by atoms with Gasteiger partial charge in [0.05, 0.1) is 18.1 Å². The van der Waals surface area contributed by atoms with Gasteiger partial charge < -0.3 is 9.73 Å². The summed E-state index contributed by atoms with van der Waals surface area (Å²) in [5, 5.41) is 3.19. The number of sulfone groups is 1. The Morgan fingerprint density at radius 2 is 1.91 bits per heavy atom. The Morgan fingerprint density at radius 1 is 1.18 bits per heavy atom. The van der Waals surface area contributed by atoms with E-state index in [2.05, 4.69) is 5.32 Å². The predicted molar refractivity (Wildman–Crippen MR) is 85.2 cm³/mol. The van der Waals surface area contributed by atoms with E-state index in [-0.39, 0.29) is 35.8 Å². The van der Waals surface area contributed by atoms with Crippen LogP contribution in [0.5, 0.6) is 0 Å². The molecule has 1 saturated heterocycles. The van der Waals surface area contributed by atoms with Crippen molar-refractivity contribution >= 4 is 22.2 Å². The monoisotopic (exact) mass is 345 g/mol. The van der Waals surface area contributed by atoms with Crippen LogP contribution in [0, 0.1) is 5.82 Å². The van der Waals surface area contributed by atoms with Crippen molar-refractivity contribution in [2.24, 2.45) is 0 Å². The molecule has 1 aliphatic rings. The lowest BCUT2D eigenvalue weighted by atomic mass is 10.2. The summed E-state index contributed by atoms with van der Waals surface area (Å²) in [7, 11) is -2.87. The molecule has 1 aromatic heterocycles. The molecule has 4 nitrogen and oxygen atoms in total. The highest BCUT2D eigenvalue weighted by atomic mass is 35.5. The second-order valence-corrected chi connectivity index (χ2v) is 7.48. The van der Waals surface area contributed by atoms with Gasteiger partial charge >= 0.3 is 0 Å². The summed E-state index contributed by atoms with van der Waals surface area (Å²) in [5.74, 6) is 1.57. The second kappa shape index (κ2) is 6.81. The normalized spacial score (nSPS) is 19.8. The fourth-order valence-corrected chi connectivity index (χ4v) is 4.15. The molecule has 120 valence electrons. The van der Waals surface area contributed by atoms with Gasteiger partial charge in [-0.05, 0) is 42.8 Å². The number of furan rings is 1. The molecule has 1 aliphatic heterocycles. The maximum Gasteiger partial charge on any atom is 0.151 e. The fourth-order valence-electron chi connectivity index (χ4n) is 2.44. The summed E-state index contributed by atoms with van der Waals surface area (Å²) in [6.07, 6.45) is 0.647. The Kier molecular flexibility index (Phi) is 5.26. The van der Waals surface area contributed by atoms with Crippen molar-refractivity contribution < 1.29 is 17.2 Å². The van der Waals surface area contributed by atoms with Crippen molar-refractivity contribution in [3.63, 3.8) is 0 Å². The second-order valence-electron chi connectivity index (χ2n) is 5.25. The lowest BCUT2D eigenvalue weighted by Gasteiger charge is -2.08. The van der Waals surface area contributed by atoms with Gasteiger partial charge in [-0.25, -0.2) is 12.8 Å². The zero-order valence-electron chi connectivity index (χ0n) is 11.8. The van der Waals surface area contributed by atoms with E-state index in [1.165, 1.54) is 12.1 Å². The molecule has 1 atom stereocenters. The molecule has 0 saturated carbocycles. The SMILES string of the molecule is Cl.O=S1(=O)CCC(NCc2ccc(-c3ccc(F)cc3)o2)C1. The van der Waals surface area contributed by atoms with E-state index >= 15 is 0 Å². The van der Waals surface area contributed by atoms with Gasteiger partial charge in [-0.2, -0.15) is 0 Å². The lowest BCUT2D eigenvalue weighted by Crippen LogP contribution is -2.29. The quantitative estimate of drug-likeness (QED) is 0.925. The molecule has 0 spiro atoms. The molecule has 0 radical (unpaired) electrons. The first-order chi connectivity index (χ1) is 10.0. The number of benzene rings is 1. The molecule has 1 fully saturated rings. The number of hydrogen-bond acceptors (Lipinski definition) is 4. The highest BCUT2D eigenvalue weighted by Gasteiger charge is 2.27. The van der Waals surface area contributed by atoms with Crippen LogP contribution >= 0.6 is 12.4 Å². The standard InChI is InChI=1S/C15H16FNO3S.ClH/c16-12-3-1-11(2-4-12)15-6-5-14(20-15)9-17-13-7-8-21(18,19)10-13;/h1-6,13,17H,7-10H2;1H. The van der Waals surface area contributed by atoms with Crippen molar-refractivity contribution in [1.82, 2.24) is 5.32 Å². The molecule has 0 amide bonds. The Hall–Kier alpha value is -1.37. The minimum absolute atomic E-state index is 0. The van der Waals surface area contributed by atoms with E-state index in [1.54, 1.807) is 12.1 Å². The third kappa shape index (κ3) is 4.09. The summed E-state index contributed by atoms with van der Waals surface area (Å²) in [5.41, 5.74) is 0.811. The van der Waals surface area contributed by atoms with Crippen molar-refractivity contribution in [3.8, 4) is 11.3 Å². The molecule has 0 bridgehead atoms. The van der Waals surface area contributed by atoms with Gasteiger partial charge in [-0.1, -0.05) is 0 Å². The molecule has 1 aromatic carbocycles. The Labute approximate surface area is 135 Å². The van der Waals surface area contributed by atoms with Crippen LogP contribution in [0.2, 0.25) is 0 Å². The molecule has 2 heterocycles. The Bertz CT molecular complexity index is 728. The van der Waals surface area contributed by atoms with Crippen molar-refractivity contribution in [2.45, 2.75) is 19.0 Å². The van der Waals surface area contributed by atoms with E-state index in [0.29, 0.717) is 18.7 Å². The molecule has 22 heavy (non-hydrogen) atoms.